The molecule has 21 heavy (non-hydrogen) atoms. The zero-order valence-electron chi connectivity index (χ0n) is 12.5. The second kappa shape index (κ2) is 5.85. The molecule has 1 N–H and O–H groups in total. The number of nitrogens with zero attached hydrogens (tertiary/aromatic N) is 3. The molecule has 2 aromatic rings. The molecule has 0 bridgehead atoms. The fraction of sp³-hybridized carbons (Fsp3) is 0.438. The Morgan fingerprint density at radius 1 is 1.43 bits per heavy atom. The van der Waals surface area contributed by atoms with E-state index in [0.717, 1.165) is 17.9 Å². The van der Waals surface area contributed by atoms with Crippen molar-refractivity contribution in [3.8, 4) is 0 Å². The van der Waals surface area contributed by atoms with Gasteiger partial charge in [0.15, 0.2) is 0 Å². The van der Waals surface area contributed by atoms with Gasteiger partial charge in [-0.05, 0) is 30.5 Å². The summed E-state index contributed by atoms with van der Waals surface area (Å²) in [5.41, 5.74) is 1.60. The summed E-state index contributed by atoms with van der Waals surface area (Å²) >= 11 is 0. The van der Waals surface area contributed by atoms with Crippen molar-refractivity contribution in [2.24, 2.45) is 7.05 Å². The molecule has 0 atom stereocenters. The first-order chi connectivity index (χ1) is 10.1. The maximum Gasteiger partial charge on any atom is 0.146 e. The van der Waals surface area contributed by atoms with Gasteiger partial charge < -0.3 is 14.8 Å². The predicted octanol–water partition coefficient (Wildman–Crippen LogP) is 2.45. The van der Waals surface area contributed by atoms with Crippen molar-refractivity contribution in [2.75, 3.05) is 11.9 Å². The van der Waals surface area contributed by atoms with E-state index in [4.69, 9.17) is 0 Å². The number of aryl methyl sites for hydroxylation is 1. The summed E-state index contributed by atoms with van der Waals surface area (Å²) in [6, 6.07) is 6.10. The van der Waals surface area contributed by atoms with Crippen LogP contribution in [0.1, 0.15) is 24.2 Å². The Bertz CT molecular complexity index is 618. The van der Waals surface area contributed by atoms with E-state index in [1.165, 1.54) is 12.8 Å². The van der Waals surface area contributed by atoms with E-state index in [-0.39, 0.29) is 5.82 Å². The van der Waals surface area contributed by atoms with Gasteiger partial charge in [-0.2, -0.15) is 0 Å². The van der Waals surface area contributed by atoms with Crippen LogP contribution in [-0.4, -0.2) is 22.6 Å². The third-order valence-electron chi connectivity index (χ3n) is 3.90. The Morgan fingerprint density at radius 3 is 2.86 bits per heavy atom. The van der Waals surface area contributed by atoms with Crippen molar-refractivity contribution < 1.29 is 4.39 Å². The highest BCUT2D eigenvalue weighted by Gasteiger charge is 2.20. The fourth-order valence-corrected chi connectivity index (χ4v) is 2.37. The lowest BCUT2D eigenvalue weighted by molar-refractivity contribution is 0.612. The Hall–Kier alpha value is -1.88. The summed E-state index contributed by atoms with van der Waals surface area (Å²) in [5.74, 6) is 0.734. The van der Waals surface area contributed by atoms with Crippen LogP contribution < -0.4 is 10.2 Å². The number of benzene rings is 1. The van der Waals surface area contributed by atoms with E-state index >= 15 is 0 Å². The maximum absolute atomic E-state index is 14.3. The number of hydrogen-bond acceptors (Lipinski definition) is 3. The molecule has 1 aromatic heterocycles. The second-order valence-electron chi connectivity index (χ2n) is 5.75. The van der Waals surface area contributed by atoms with Crippen LogP contribution in [0.4, 0.5) is 10.1 Å². The van der Waals surface area contributed by atoms with Gasteiger partial charge in [-0.15, -0.1) is 0 Å². The number of hydrogen-bond donors (Lipinski definition) is 1. The molecule has 4 nitrogen and oxygen atoms in total. The van der Waals surface area contributed by atoms with E-state index in [0.29, 0.717) is 18.3 Å². The second-order valence-corrected chi connectivity index (χ2v) is 5.75. The van der Waals surface area contributed by atoms with Gasteiger partial charge in [-0.3, -0.25) is 0 Å². The topological polar surface area (TPSA) is 33.1 Å². The molecule has 1 aliphatic carbocycles. The summed E-state index contributed by atoms with van der Waals surface area (Å²) < 4.78 is 16.2. The van der Waals surface area contributed by atoms with E-state index < -0.39 is 0 Å². The molecule has 5 heteroatoms. The predicted molar refractivity (Wildman–Crippen MR) is 81.6 cm³/mol. The van der Waals surface area contributed by atoms with Crippen LogP contribution in [0, 0.1) is 5.82 Å². The summed E-state index contributed by atoms with van der Waals surface area (Å²) in [7, 11) is 3.83. The van der Waals surface area contributed by atoms with Gasteiger partial charge in [-0.25, -0.2) is 9.37 Å². The van der Waals surface area contributed by atoms with Gasteiger partial charge in [0, 0.05) is 39.1 Å². The molecule has 1 heterocycles. The van der Waals surface area contributed by atoms with Gasteiger partial charge in [-0.1, -0.05) is 6.07 Å². The Morgan fingerprint density at radius 2 is 2.24 bits per heavy atom. The largest absolute Gasteiger partial charge is 0.365 e. The SMILES string of the molecule is CN(Cc1nccn1C)c1ccc(CNC2CC2)cc1F. The fourth-order valence-electron chi connectivity index (χ4n) is 2.37. The number of rotatable bonds is 6. The summed E-state index contributed by atoms with van der Waals surface area (Å²) in [6.45, 7) is 1.32. The van der Waals surface area contributed by atoms with E-state index in [1.54, 1.807) is 12.3 Å². The zero-order valence-corrected chi connectivity index (χ0v) is 12.5. The molecule has 1 saturated carbocycles. The molecule has 0 saturated heterocycles. The molecule has 3 rings (SSSR count). The standard InChI is InChI=1S/C16H21FN4/c1-20-8-7-18-16(20)11-21(2)15-6-3-12(9-14(15)17)10-19-13-4-5-13/h3,6-9,13,19H,4-5,10-11H2,1-2H3. The molecule has 0 aliphatic heterocycles. The monoisotopic (exact) mass is 288 g/mol. The highest BCUT2D eigenvalue weighted by atomic mass is 19.1. The molecule has 0 spiro atoms. The average molecular weight is 288 g/mol. The van der Waals surface area contributed by atoms with Gasteiger partial charge in [0.1, 0.15) is 11.6 Å². The van der Waals surface area contributed by atoms with Crippen LogP contribution in [0.3, 0.4) is 0 Å². The maximum atomic E-state index is 14.3. The number of nitrogens with one attached hydrogen (secondary N) is 1. The van der Waals surface area contributed by atoms with Crippen molar-refractivity contribution in [1.29, 1.82) is 0 Å². The quantitative estimate of drug-likeness (QED) is 0.886. The van der Waals surface area contributed by atoms with Gasteiger partial charge in [0.2, 0.25) is 0 Å². The third-order valence-corrected chi connectivity index (χ3v) is 3.90. The van der Waals surface area contributed by atoms with Crippen molar-refractivity contribution in [2.45, 2.75) is 32.0 Å². The van der Waals surface area contributed by atoms with Gasteiger partial charge in [0.05, 0.1) is 12.2 Å². The first-order valence-electron chi connectivity index (χ1n) is 7.32. The van der Waals surface area contributed by atoms with Crippen molar-refractivity contribution in [3.63, 3.8) is 0 Å². The lowest BCUT2D eigenvalue weighted by Crippen LogP contribution is -2.20. The zero-order chi connectivity index (χ0) is 14.8. The minimum Gasteiger partial charge on any atom is -0.365 e. The lowest BCUT2D eigenvalue weighted by Gasteiger charge is -2.20. The van der Waals surface area contributed by atoms with Crippen LogP contribution in [0.15, 0.2) is 30.6 Å². The van der Waals surface area contributed by atoms with Crippen molar-refractivity contribution in [3.05, 3.63) is 47.8 Å². The first-order valence-corrected chi connectivity index (χ1v) is 7.32. The average Bonchev–Trinajstić information content (AvgIpc) is 3.20. The lowest BCUT2D eigenvalue weighted by atomic mass is 10.2. The van der Waals surface area contributed by atoms with Crippen LogP contribution in [-0.2, 0) is 20.1 Å². The third kappa shape index (κ3) is 3.42. The van der Waals surface area contributed by atoms with Crippen molar-refractivity contribution >= 4 is 5.69 Å². The molecule has 1 fully saturated rings. The molecule has 0 radical (unpaired) electrons. The molecule has 0 amide bonds. The minimum absolute atomic E-state index is 0.179. The summed E-state index contributed by atoms with van der Waals surface area (Å²) in [6.07, 6.45) is 6.14. The number of imidazole rings is 1. The number of halogens is 1. The van der Waals surface area contributed by atoms with Gasteiger partial charge in [0.25, 0.3) is 0 Å². The van der Waals surface area contributed by atoms with Crippen LogP contribution >= 0.6 is 0 Å². The number of aromatic nitrogens is 2. The Kier molecular flexibility index (Phi) is 3.92. The molecule has 112 valence electrons. The molecule has 1 aromatic carbocycles. The number of anilines is 1. The Labute approximate surface area is 124 Å². The van der Waals surface area contributed by atoms with Crippen LogP contribution in [0.5, 0.6) is 0 Å². The summed E-state index contributed by atoms with van der Waals surface area (Å²) in [5, 5.41) is 3.40. The molecular weight excluding hydrogens is 267 g/mol. The summed E-state index contributed by atoms with van der Waals surface area (Å²) in [4.78, 5) is 6.16. The van der Waals surface area contributed by atoms with Gasteiger partial charge >= 0.3 is 0 Å². The van der Waals surface area contributed by atoms with E-state index in [1.807, 2.05) is 41.9 Å². The normalized spacial score (nSPS) is 14.4. The Balaban J connectivity index is 1.67. The van der Waals surface area contributed by atoms with E-state index in [9.17, 15) is 4.39 Å². The highest BCUT2D eigenvalue weighted by molar-refractivity contribution is 5.48. The molecule has 0 unspecified atom stereocenters. The highest BCUT2D eigenvalue weighted by Crippen LogP contribution is 2.22. The minimum atomic E-state index is -0.179. The van der Waals surface area contributed by atoms with E-state index in [2.05, 4.69) is 10.3 Å². The molecule has 1 aliphatic rings. The van der Waals surface area contributed by atoms with Crippen LogP contribution in [0.25, 0.3) is 0 Å². The molecular formula is C16H21FN4. The first kappa shape index (κ1) is 14.1. The van der Waals surface area contributed by atoms with Crippen LogP contribution in [0.2, 0.25) is 0 Å². The smallest absolute Gasteiger partial charge is 0.146 e. The van der Waals surface area contributed by atoms with Crippen molar-refractivity contribution in [1.82, 2.24) is 14.9 Å².